The Bertz CT molecular complexity index is 737. The lowest BCUT2D eigenvalue weighted by molar-refractivity contribution is 0.100. The lowest BCUT2D eigenvalue weighted by atomic mass is 9.95. The van der Waals surface area contributed by atoms with Crippen LogP contribution < -0.4 is 5.73 Å². The van der Waals surface area contributed by atoms with Crippen LogP contribution in [-0.4, -0.2) is 33.9 Å². The molecule has 2 fully saturated rings. The van der Waals surface area contributed by atoms with Crippen LogP contribution in [0.2, 0.25) is 0 Å². The maximum Gasteiger partial charge on any atom is 0.250 e. The maximum absolute atomic E-state index is 11.6. The number of nitrogens with two attached hydrogens (primary N) is 1. The largest absolute Gasteiger partial charge is 0.366 e. The fraction of sp³-hybridized carbons (Fsp3) is 0.529. The highest BCUT2D eigenvalue weighted by Gasteiger charge is 2.53. The van der Waals surface area contributed by atoms with Gasteiger partial charge in [-0.2, -0.15) is 0 Å². The second-order valence-electron chi connectivity index (χ2n) is 6.74. The van der Waals surface area contributed by atoms with Crippen molar-refractivity contribution in [3.63, 3.8) is 0 Å². The SMILES string of the molecule is CCCN1C[C@H]2CC[C@@]1(c1nc3c(C(N)=O)cccc3[nH]1)C2. The summed E-state index contributed by atoms with van der Waals surface area (Å²) in [5.74, 6) is 1.39. The van der Waals surface area contributed by atoms with Gasteiger partial charge < -0.3 is 10.7 Å². The fourth-order valence-electron chi connectivity index (χ4n) is 4.45. The van der Waals surface area contributed by atoms with Crippen LogP contribution >= 0.6 is 0 Å². The third kappa shape index (κ3) is 1.81. The third-order valence-electron chi connectivity index (χ3n) is 5.39. The summed E-state index contributed by atoms with van der Waals surface area (Å²) >= 11 is 0. The molecule has 2 bridgehead atoms. The number of fused-ring (bicyclic) bond motifs is 3. The molecule has 2 atom stereocenters. The van der Waals surface area contributed by atoms with Crippen molar-refractivity contribution in [2.24, 2.45) is 11.7 Å². The average molecular weight is 298 g/mol. The average Bonchev–Trinajstić information content (AvgIpc) is 3.19. The summed E-state index contributed by atoms with van der Waals surface area (Å²) in [5, 5.41) is 0. The number of hydrogen-bond acceptors (Lipinski definition) is 3. The molecule has 1 aliphatic heterocycles. The van der Waals surface area contributed by atoms with Gasteiger partial charge in [-0.25, -0.2) is 4.98 Å². The predicted molar refractivity (Wildman–Crippen MR) is 85.5 cm³/mol. The van der Waals surface area contributed by atoms with Gasteiger partial charge in [-0.3, -0.25) is 9.69 Å². The lowest BCUT2D eigenvalue weighted by Crippen LogP contribution is -2.43. The molecule has 0 radical (unpaired) electrons. The maximum atomic E-state index is 11.6. The highest BCUT2D eigenvalue weighted by molar-refractivity contribution is 6.04. The quantitative estimate of drug-likeness (QED) is 0.910. The van der Waals surface area contributed by atoms with Crippen LogP contribution in [0, 0.1) is 5.92 Å². The Morgan fingerprint density at radius 2 is 2.41 bits per heavy atom. The molecule has 2 heterocycles. The predicted octanol–water partition coefficient (Wildman–Crippen LogP) is 2.38. The standard InChI is InChI=1S/C17H22N4O/c1-2-8-21-10-11-6-7-17(21,9-11)16-19-13-5-3-4-12(15(18)22)14(13)20-16/h3-5,11H,2,6-10H2,1H3,(H2,18,22)(H,19,20)/t11-,17-/m0/s1. The molecule has 5 heteroatoms. The summed E-state index contributed by atoms with van der Waals surface area (Å²) in [6.45, 7) is 4.51. The van der Waals surface area contributed by atoms with Crippen molar-refractivity contribution in [2.75, 3.05) is 13.1 Å². The van der Waals surface area contributed by atoms with Crippen LogP contribution in [0.15, 0.2) is 18.2 Å². The molecule has 2 aliphatic rings. The van der Waals surface area contributed by atoms with Gasteiger partial charge in [-0.05, 0) is 50.3 Å². The fourth-order valence-corrected chi connectivity index (χ4v) is 4.45. The molecule has 1 aromatic heterocycles. The van der Waals surface area contributed by atoms with Crippen LogP contribution in [0.3, 0.4) is 0 Å². The number of carbonyl (C=O) groups is 1. The molecule has 116 valence electrons. The number of primary amides is 1. The van der Waals surface area contributed by atoms with Gasteiger partial charge in [0.05, 0.1) is 16.6 Å². The van der Waals surface area contributed by atoms with Crippen LogP contribution in [0.1, 0.15) is 48.8 Å². The van der Waals surface area contributed by atoms with Crippen LogP contribution in [0.25, 0.3) is 11.0 Å². The molecule has 0 spiro atoms. The molecular formula is C17H22N4O. The van der Waals surface area contributed by atoms with Gasteiger partial charge in [0.2, 0.25) is 0 Å². The number of nitrogens with one attached hydrogen (secondary N) is 1. The zero-order valence-corrected chi connectivity index (χ0v) is 12.9. The summed E-state index contributed by atoms with van der Waals surface area (Å²) in [7, 11) is 0. The minimum atomic E-state index is -0.415. The molecular weight excluding hydrogens is 276 g/mol. The Kier molecular flexibility index (Phi) is 3.01. The van der Waals surface area contributed by atoms with Crippen molar-refractivity contribution in [3.8, 4) is 0 Å². The molecule has 1 aliphatic carbocycles. The van der Waals surface area contributed by atoms with E-state index >= 15 is 0 Å². The number of nitrogens with zero attached hydrogens (tertiary/aromatic N) is 2. The number of H-pyrrole nitrogens is 1. The van der Waals surface area contributed by atoms with E-state index in [9.17, 15) is 4.79 Å². The van der Waals surface area contributed by atoms with Crippen molar-refractivity contribution >= 4 is 16.9 Å². The number of hydrogen-bond donors (Lipinski definition) is 2. The van der Waals surface area contributed by atoms with Gasteiger partial charge in [0.25, 0.3) is 5.91 Å². The summed E-state index contributed by atoms with van der Waals surface area (Å²) in [5.41, 5.74) is 7.65. The number of imidazole rings is 1. The first-order valence-electron chi connectivity index (χ1n) is 8.18. The van der Waals surface area contributed by atoms with E-state index in [1.54, 1.807) is 6.07 Å². The Balaban J connectivity index is 1.83. The summed E-state index contributed by atoms with van der Waals surface area (Å²) < 4.78 is 0. The molecule has 1 aromatic carbocycles. The van der Waals surface area contributed by atoms with Gasteiger partial charge in [0.1, 0.15) is 11.3 Å². The number of benzene rings is 1. The number of carbonyl (C=O) groups excluding carboxylic acids is 1. The molecule has 0 unspecified atom stereocenters. The number of aromatic amines is 1. The Morgan fingerprint density at radius 3 is 3.14 bits per heavy atom. The van der Waals surface area contributed by atoms with E-state index in [4.69, 9.17) is 10.7 Å². The summed E-state index contributed by atoms with van der Waals surface area (Å²) in [6.07, 6.45) is 4.77. The molecule has 22 heavy (non-hydrogen) atoms. The lowest BCUT2D eigenvalue weighted by Gasteiger charge is -2.37. The normalized spacial score (nSPS) is 27.8. The smallest absolute Gasteiger partial charge is 0.250 e. The van der Waals surface area contributed by atoms with Crippen molar-refractivity contribution in [1.29, 1.82) is 0 Å². The summed E-state index contributed by atoms with van der Waals surface area (Å²) in [6, 6.07) is 5.58. The second kappa shape index (κ2) is 4.81. The van der Waals surface area contributed by atoms with E-state index in [-0.39, 0.29) is 5.54 Å². The Labute approximate surface area is 129 Å². The Morgan fingerprint density at radius 1 is 1.55 bits per heavy atom. The molecule has 1 saturated heterocycles. The van der Waals surface area contributed by atoms with E-state index < -0.39 is 5.91 Å². The van der Waals surface area contributed by atoms with Gasteiger partial charge in [-0.15, -0.1) is 0 Å². The molecule has 1 amide bonds. The highest BCUT2D eigenvalue weighted by atomic mass is 16.1. The summed E-state index contributed by atoms with van der Waals surface area (Å²) in [4.78, 5) is 22.5. The van der Waals surface area contributed by atoms with Crippen molar-refractivity contribution in [2.45, 2.75) is 38.1 Å². The number of piperidine rings is 1. The number of para-hydroxylation sites is 1. The zero-order chi connectivity index (χ0) is 15.3. The second-order valence-corrected chi connectivity index (χ2v) is 6.74. The van der Waals surface area contributed by atoms with Gasteiger partial charge in [0.15, 0.2) is 0 Å². The molecule has 4 rings (SSSR count). The molecule has 1 saturated carbocycles. The van der Waals surface area contributed by atoms with E-state index in [1.807, 2.05) is 12.1 Å². The van der Waals surface area contributed by atoms with Crippen LogP contribution in [0.5, 0.6) is 0 Å². The van der Waals surface area contributed by atoms with Crippen LogP contribution in [-0.2, 0) is 5.54 Å². The first kappa shape index (κ1) is 13.8. The third-order valence-corrected chi connectivity index (χ3v) is 5.39. The van der Waals surface area contributed by atoms with Crippen molar-refractivity contribution in [3.05, 3.63) is 29.6 Å². The highest BCUT2D eigenvalue weighted by Crippen LogP contribution is 2.52. The van der Waals surface area contributed by atoms with E-state index in [0.29, 0.717) is 11.1 Å². The van der Waals surface area contributed by atoms with Crippen molar-refractivity contribution < 1.29 is 4.79 Å². The number of aromatic nitrogens is 2. The number of likely N-dealkylation sites (tertiary alicyclic amines) is 1. The number of amides is 1. The molecule has 2 aromatic rings. The first-order chi connectivity index (χ1) is 10.6. The van der Waals surface area contributed by atoms with Gasteiger partial charge >= 0.3 is 0 Å². The monoisotopic (exact) mass is 298 g/mol. The molecule has 5 nitrogen and oxygen atoms in total. The topological polar surface area (TPSA) is 75.0 Å². The van der Waals surface area contributed by atoms with Gasteiger partial charge in [0, 0.05) is 6.54 Å². The minimum absolute atomic E-state index is 0.0363. The first-order valence-corrected chi connectivity index (χ1v) is 8.18. The van der Waals surface area contributed by atoms with E-state index in [2.05, 4.69) is 16.8 Å². The van der Waals surface area contributed by atoms with Crippen LogP contribution in [0.4, 0.5) is 0 Å². The van der Waals surface area contributed by atoms with Crippen molar-refractivity contribution in [1.82, 2.24) is 14.9 Å². The zero-order valence-electron chi connectivity index (χ0n) is 12.9. The van der Waals surface area contributed by atoms with E-state index in [0.717, 1.165) is 36.6 Å². The van der Waals surface area contributed by atoms with E-state index in [1.165, 1.54) is 19.4 Å². The van der Waals surface area contributed by atoms with Gasteiger partial charge in [-0.1, -0.05) is 13.0 Å². The molecule has 3 N–H and O–H groups in total. The minimum Gasteiger partial charge on any atom is -0.366 e. The Hall–Kier alpha value is -1.88. The number of rotatable bonds is 4.